The number of morpholine rings is 1. The number of nitrogens with zero attached hydrogens (tertiary/aromatic N) is 2. The molecule has 0 aromatic carbocycles. The molecule has 3 fully saturated rings. The first kappa shape index (κ1) is 14.7. The Bertz CT molecular complexity index is 291. The van der Waals surface area contributed by atoms with Gasteiger partial charge < -0.3 is 15.2 Å². The van der Waals surface area contributed by atoms with Crippen molar-refractivity contribution in [1.82, 2.24) is 9.80 Å². The molecule has 0 amide bonds. The highest BCUT2D eigenvalue weighted by Gasteiger charge is 2.35. The van der Waals surface area contributed by atoms with E-state index in [0.717, 1.165) is 52.0 Å². The molecule has 3 rings (SSSR count). The van der Waals surface area contributed by atoms with Crippen LogP contribution in [0, 0.1) is 5.92 Å². The van der Waals surface area contributed by atoms with Gasteiger partial charge in [-0.1, -0.05) is 0 Å². The van der Waals surface area contributed by atoms with Crippen molar-refractivity contribution in [2.45, 2.75) is 31.3 Å². The highest BCUT2D eigenvalue weighted by Crippen LogP contribution is 2.27. The predicted octanol–water partition coefficient (Wildman–Crippen LogP) is 0.147. The fraction of sp³-hybridized carbons (Fsp3) is 1.00. The molecule has 0 saturated carbocycles. The van der Waals surface area contributed by atoms with Gasteiger partial charge in [-0.15, -0.1) is 0 Å². The lowest BCUT2D eigenvalue weighted by atomic mass is 9.91. The summed E-state index contributed by atoms with van der Waals surface area (Å²) >= 11 is 0. The summed E-state index contributed by atoms with van der Waals surface area (Å²) in [6.45, 7) is 9.03. The molecule has 0 aromatic rings. The molecule has 5 nitrogen and oxygen atoms in total. The van der Waals surface area contributed by atoms with Gasteiger partial charge in [-0.2, -0.15) is 0 Å². The van der Waals surface area contributed by atoms with Crippen molar-refractivity contribution >= 4 is 0 Å². The van der Waals surface area contributed by atoms with Crippen LogP contribution >= 0.6 is 0 Å². The Morgan fingerprint density at radius 1 is 0.950 bits per heavy atom. The van der Waals surface area contributed by atoms with E-state index in [1.54, 1.807) is 0 Å². The van der Waals surface area contributed by atoms with Gasteiger partial charge in [-0.25, -0.2) is 0 Å². The van der Waals surface area contributed by atoms with Gasteiger partial charge in [0.1, 0.15) is 0 Å². The third-order valence-corrected chi connectivity index (χ3v) is 5.28. The van der Waals surface area contributed by atoms with E-state index in [9.17, 15) is 0 Å². The Hall–Kier alpha value is -0.200. The molecule has 116 valence electrons. The van der Waals surface area contributed by atoms with Gasteiger partial charge in [0.05, 0.1) is 13.2 Å². The van der Waals surface area contributed by atoms with Crippen molar-refractivity contribution in [3.05, 3.63) is 0 Å². The highest BCUT2D eigenvalue weighted by molar-refractivity contribution is 4.91. The standard InChI is InChI=1S/C15H29N3O2/c16-11-15(13-2-7-19-8-3-13)18-4-1-14(12-18)17-5-9-20-10-6-17/h13-15H,1-12,16H2. The summed E-state index contributed by atoms with van der Waals surface area (Å²) < 4.78 is 11.0. The second-order valence-electron chi connectivity index (χ2n) is 6.34. The zero-order chi connectivity index (χ0) is 13.8. The van der Waals surface area contributed by atoms with Crippen molar-refractivity contribution in [2.24, 2.45) is 11.7 Å². The van der Waals surface area contributed by atoms with E-state index in [1.807, 2.05) is 0 Å². The SMILES string of the molecule is NCC(C1CCOCC1)N1CCC(N2CCOCC2)C1. The Balaban J connectivity index is 1.54. The Labute approximate surface area is 122 Å². The van der Waals surface area contributed by atoms with E-state index in [2.05, 4.69) is 9.80 Å². The third kappa shape index (κ3) is 3.34. The normalized spacial score (nSPS) is 32.5. The van der Waals surface area contributed by atoms with Crippen LogP contribution in [-0.4, -0.2) is 81.0 Å². The van der Waals surface area contributed by atoms with E-state index in [-0.39, 0.29) is 0 Å². The lowest BCUT2D eigenvalue weighted by Gasteiger charge is -2.37. The maximum atomic E-state index is 6.09. The first-order valence-corrected chi connectivity index (χ1v) is 8.22. The maximum Gasteiger partial charge on any atom is 0.0594 e. The van der Waals surface area contributed by atoms with Gasteiger partial charge in [0, 0.05) is 58.0 Å². The van der Waals surface area contributed by atoms with Crippen molar-refractivity contribution in [1.29, 1.82) is 0 Å². The lowest BCUT2D eigenvalue weighted by Crippen LogP contribution is -2.49. The zero-order valence-corrected chi connectivity index (χ0v) is 12.5. The molecule has 0 spiro atoms. The zero-order valence-electron chi connectivity index (χ0n) is 12.5. The second-order valence-corrected chi connectivity index (χ2v) is 6.34. The van der Waals surface area contributed by atoms with Crippen LogP contribution in [0.1, 0.15) is 19.3 Å². The average Bonchev–Trinajstić information content (AvgIpc) is 3.00. The van der Waals surface area contributed by atoms with E-state index in [4.69, 9.17) is 15.2 Å². The molecular weight excluding hydrogens is 254 g/mol. The Morgan fingerprint density at radius 3 is 2.35 bits per heavy atom. The fourth-order valence-electron chi connectivity index (χ4n) is 4.05. The van der Waals surface area contributed by atoms with E-state index >= 15 is 0 Å². The van der Waals surface area contributed by atoms with Crippen LogP contribution in [0.2, 0.25) is 0 Å². The molecule has 0 radical (unpaired) electrons. The molecule has 20 heavy (non-hydrogen) atoms. The monoisotopic (exact) mass is 283 g/mol. The van der Waals surface area contributed by atoms with Gasteiger partial charge in [0.2, 0.25) is 0 Å². The molecule has 2 atom stereocenters. The minimum absolute atomic E-state index is 0.560. The van der Waals surface area contributed by atoms with Gasteiger partial charge in [-0.3, -0.25) is 9.80 Å². The smallest absolute Gasteiger partial charge is 0.0594 e. The number of nitrogens with two attached hydrogens (primary N) is 1. The molecule has 3 aliphatic rings. The van der Waals surface area contributed by atoms with Crippen molar-refractivity contribution < 1.29 is 9.47 Å². The minimum atomic E-state index is 0.560. The largest absolute Gasteiger partial charge is 0.381 e. The number of hydrogen-bond acceptors (Lipinski definition) is 5. The van der Waals surface area contributed by atoms with Crippen molar-refractivity contribution in [2.75, 3.05) is 59.2 Å². The quantitative estimate of drug-likeness (QED) is 0.796. The van der Waals surface area contributed by atoms with Crippen molar-refractivity contribution in [3.63, 3.8) is 0 Å². The summed E-state index contributed by atoms with van der Waals surface area (Å²) in [5.74, 6) is 0.734. The summed E-state index contributed by atoms with van der Waals surface area (Å²) in [7, 11) is 0. The van der Waals surface area contributed by atoms with E-state index in [1.165, 1.54) is 32.4 Å². The number of rotatable bonds is 4. The van der Waals surface area contributed by atoms with Crippen LogP contribution in [-0.2, 0) is 9.47 Å². The average molecular weight is 283 g/mol. The van der Waals surface area contributed by atoms with E-state index < -0.39 is 0 Å². The summed E-state index contributed by atoms with van der Waals surface area (Å²) in [5.41, 5.74) is 6.09. The van der Waals surface area contributed by atoms with Gasteiger partial charge >= 0.3 is 0 Å². The first-order chi connectivity index (χ1) is 9.88. The molecule has 0 aliphatic carbocycles. The fourth-order valence-corrected chi connectivity index (χ4v) is 4.05. The molecular formula is C15H29N3O2. The predicted molar refractivity (Wildman–Crippen MR) is 78.8 cm³/mol. The van der Waals surface area contributed by atoms with Gasteiger partial charge in [0.15, 0.2) is 0 Å². The summed E-state index contributed by atoms with van der Waals surface area (Å²) in [4.78, 5) is 5.26. The minimum Gasteiger partial charge on any atom is -0.381 e. The molecule has 0 aromatic heterocycles. The molecule has 2 unspecified atom stereocenters. The summed E-state index contributed by atoms with van der Waals surface area (Å²) in [6, 6.07) is 1.28. The molecule has 2 N–H and O–H groups in total. The van der Waals surface area contributed by atoms with E-state index in [0.29, 0.717) is 12.1 Å². The molecule has 5 heteroatoms. The first-order valence-electron chi connectivity index (χ1n) is 8.22. The highest BCUT2D eigenvalue weighted by atomic mass is 16.5. The molecule has 0 bridgehead atoms. The Kier molecular flexibility index (Phi) is 5.29. The number of likely N-dealkylation sites (tertiary alicyclic amines) is 1. The number of hydrogen-bond donors (Lipinski definition) is 1. The Morgan fingerprint density at radius 2 is 1.65 bits per heavy atom. The lowest BCUT2D eigenvalue weighted by molar-refractivity contribution is 0.0120. The van der Waals surface area contributed by atoms with Gasteiger partial charge in [0.25, 0.3) is 0 Å². The van der Waals surface area contributed by atoms with Crippen LogP contribution < -0.4 is 5.73 Å². The summed E-state index contributed by atoms with van der Waals surface area (Å²) in [6.07, 6.45) is 3.65. The summed E-state index contributed by atoms with van der Waals surface area (Å²) in [5, 5.41) is 0. The topological polar surface area (TPSA) is 51.0 Å². The molecule has 3 saturated heterocycles. The van der Waals surface area contributed by atoms with Crippen LogP contribution in [0.15, 0.2) is 0 Å². The second kappa shape index (κ2) is 7.18. The number of ether oxygens (including phenoxy) is 2. The molecule has 3 aliphatic heterocycles. The third-order valence-electron chi connectivity index (χ3n) is 5.28. The molecule has 3 heterocycles. The van der Waals surface area contributed by atoms with Crippen LogP contribution in [0.5, 0.6) is 0 Å². The van der Waals surface area contributed by atoms with Crippen LogP contribution in [0.4, 0.5) is 0 Å². The van der Waals surface area contributed by atoms with Crippen LogP contribution in [0.25, 0.3) is 0 Å². The van der Waals surface area contributed by atoms with Gasteiger partial charge in [-0.05, 0) is 25.2 Å². The van der Waals surface area contributed by atoms with Crippen LogP contribution in [0.3, 0.4) is 0 Å². The maximum absolute atomic E-state index is 6.09. The van der Waals surface area contributed by atoms with Crippen molar-refractivity contribution in [3.8, 4) is 0 Å².